The van der Waals surface area contributed by atoms with Crippen LogP contribution in [0.3, 0.4) is 0 Å². The Hall–Kier alpha value is -1.08. The Bertz CT molecular complexity index is 456. The Balaban J connectivity index is 1.86. The van der Waals surface area contributed by atoms with Gasteiger partial charge in [-0.1, -0.05) is 0 Å². The third-order valence-corrected chi connectivity index (χ3v) is 4.92. The second kappa shape index (κ2) is 6.91. The van der Waals surface area contributed by atoms with Crippen LogP contribution in [-0.2, 0) is 4.74 Å². The van der Waals surface area contributed by atoms with E-state index in [1.54, 1.807) is 12.3 Å². The molecule has 0 aromatic carbocycles. The lowest BCUT2D eigenvalue weighted by Crippen LogP contribution is -2.30. The van der Waals surface area contributed by atoms with Gasteiger partial charge in [-0.3, -0.25) is 4.79 Å². The van der Waals surface area contributed by atoms with E-state index in [4.69, 9.17) is 4.74 Å². The number of esters is 1. The lowest BCUT2D eigenvalue weighted by atomic mass is 10.2. The van der Waals surface area contributed by atoms with Gasteiger partial charge < -0.3 is 10.1 Å². The number of thiazole rings is 1. The van der Waals surface area contributed by atoms with Crippen LogP contribution in [0.25, 0.3) is 0 Å². The van der Waals surface area contributed by atoms with Crippen molar-refractivity contribution in [1.29, 1.82) is 0 Å². The number of nitrogens with zero attached hydrogens (tertiary/aromatic N) is 1. The van der Waals surface area contributed by atoms with Gasteiger partial charge in [0, 0.05) is 17.2 Å². The first-order valence-corrected chi connectivity index (χ1v) is 8.16. The molecule has 1 aliphatic heterocycles. The molecule has 1 aromatic rings. The van der Waals surface area contributed by atoms with Gasteiger partial charge in [0.05, 0.1) is 6.61 Å². The van der Waals surface area contributed by atoms with E-state index in [-0.39, 0.29) is 16.6 Å². The largest absolute Gasteiger partial charge is 0.461 e. The van der Waals surface area contributed by atoms with Gasteiger partial charge >= 0.3 is 5.97 Å². The molecule has 0 aliphatic carbocycles. The van der Waals surface area contributed by atoms with E-state index in [9.17, 15) is 9.59 Å². The van der Waals surface area contributed by atoms with Crippen LogP contribution in [0.4, 0.5) is 0 Å². The molecule has 1 unspecified atom stereocenters. The summed E-state index contributed by atoms with van der Waals surface area (Å²) in [4.78, 5) is 27.3. The van der Waals surface area contributed by atoms with Gasteiger partial charge in [0.1, 0.15) is 5.69 Å². The van der Waals surface area contributed by atoms with Crippen molar-refractivity contribution >= 4 is 35.0 Å². The molecule has 104 valence electrons. The Morgan fingerprint density at radius 3 is 3.11 bits per heavy atom. The normalized spacial score (nSPS) is 18.3. The number of nitrogens with one attached hydrogen (secondary N) is 1. The second-order valence-corrected chi connectivity index (χ2v) is 6.37. The summed E-state index contributed by atoms with van der Waals surface area (Å²) in [6.45, 7) is 2.70. The molecule has 0 radical (unpaired) electrons. The summed E-state index contributed by atoms with van der Waals surface area (Å²) in [6, 6.07) is 0. The van der Waals surface area contributed by atoms with E-state index in [1.165, 1.54) is 12.2 Å². The highest BCUT2D eigenvalue weighted by atomic mass is 32.2. The van der Waals surface area contributed by atoms with Crippen LogP contribution >= 0.6 is 23.1 Å². The maximum absolute atomic E-state index is 11.9. The first kappa shape index (κ1) is 14.3. The third kappa shape index (κ3) is 3.94. The minimum atomic E-state index is -0.474. The SMILES string of the molecule is CCOC(=O)c1nc(C(=O)NCC2CCCS2)cs1. The van der Waals surface area contributed by atoms with Gasteiger partial charge in [0.2, 0.25) is 5.01 Å². The number of hydrogen-bond acceptors (Lipinski definition) is 6. The van der Waals surface area contributed by atoms with Crippen molar-refractivity contribution in [2.75, 3.05) is 18.9 Å². The summed E-state index contributed by atoms with van der Waals surface area (Å²) >= 11 is 3.02. The number of amides is 1. The summed E-state index contributed by atoms with van der Waals surface area (Å²) in [6.07, 6.45) is 2.37. The molecule has 2 rings (SSSR count). The van der Waals surface area contributed by atoms with Crippen molar-refractivity contribution < 1.29 is 14.3 Å². The molecule has 5 nitrogen and oxygen atoms in total. The number of thioether (sulfide) groups is 1. The third-order valence-electron chi connectivity index (χ3n) is 2.70. The topological polar surface area (TPSA) is 68.3 Å². The molecular formula is C12H16N2O3S2. The maximum atomic E-state index is 11.9. The fourth-order valence-corrected chi connectivity index (χ4v) is 3.66. The molecule has 7 heteroatoms. The fourth-order valence-electron chi connectivity index (χ4n) is 1.77. The summed E-state index contributed by atoms with van der Waals surface area (Å²) in [5.41, 5.74) is 0.288. The standard InChI is InChI=1S/C12H16N2O3S2/c1-2-17-12(16)11-14-9(7-19-11)10(15)13-6-8-4-3-5-18-8/h7-8H,2-6H2,1H3,(H,13,15). The van der Waals surface area contributed by atoms with Gasteiger partial charge in [-0.15, -0.1) is 11.3 Å². The molecule has 0 spiro atoms. The Morgan fingerprint density at radius 2 is 2.42 bits per heavy atom. The molecule has 0 bridgehead atoms. The summed E-state index contributed by atoms with van der Waals surface area (Å²) in [5.74, 6) is 0.474. The Morgan fingerprint density at radius 1 is 1.58 bits per heavy atom. The Kier molecular flexibility index (Phi) is 5.21. The number of ether oxygens (including phenoxy) is 1. The van der Waals surface area contributed by atoms with Crippen LogP contribution in [0.2, 0.25) is 0 Å². The maximum Gasteiger partial charge on any atom is 0.367 e. The average molecular weight is 300 g/mol. The lowest BCUT2D eigenvalue weighted by molar-refractivity contribution is 0.0526. The fraction of sp³-hybridized carbons (Fsp3) is 0.583. The molecule has 1 aliphatic rings. The van der Waals surface area contributed by atoms with Crippen LogP contribution in [0.5, 0.6) is 0 Å². The van der Waals surface area contributed by atoms with E-state index in [1.807, 2.05) is 11.8 Å². The van der Waals surface area contributed by atoms with Crippen LogP contribution in [0.15, 0.2) is 5.38 Å². The van der Waals surface area contributed by atoms with Crippen molar-refractivity contribution in [3.63, 3.8) is 0 Å². The van der Waals surface area contributed by atoms with Crippen LogP contribution in [0, 0.1) is 0 Å². The molecule has 2 heterocycles. The minimum absolute atomic E-state index is 0.223. The van der Waals surface area contributed by atoms with E-state index >= 15 is 0 Å². The smallest absolute Gasteiger partial charge is 0.367 e. The number of aromatic nitrogens is 1. The lowest BCUT2D eigenvalue weighted by Gasteiger charge is -2.08. The monoisotopic (exact) mass is 300 g/mol. The zero-order chi connectivity index (χ0) is 13.7. The van der Waals surface area contributed by atoms with E-state index in [0.717, 1.165) is 17.8 Å². The predicted molar refractivity (Wildman–Crippen MR) is 75.9 cm³/mol. The second-order valence-electron chi connectivity index (χ2n) is 4.10. The molecular weight excluding hydrogens is 284 g/mol. The van der Waals surface area contributed by atoms with Crippen LogP contribution in [0.1, 0.15) is 40.1 Å². The van der Waals surface area contributed by atoms with Crippen LogP contribution < -0.4 is 5.32 Å². The van der Waals surface area contributed by atoms with Gasteiger partial charge in [0.15, 0.2) is 0 Å². The highest BCUT2D eigenvalue weighted by Gasteiger charge is 2.19. The predicted octanol–water partition coefficient (Wildman–Crippen LogP) is 1.95. The van der Waals surface area contributed by atoms with Gasteiger partial charge in [0.25, 0.3) is 5.91 Å². The summed E-state index contributed by atoms with van der Waals surface area (Å²) in [7, 11) is 0. The average Bonchev–Trinajstić information content (AvgIpc) is 3.07. The quantitative estimate of drug-likeness (QED) is 0.842. The summed E-state index contributed by atoms with van der Waals surface area (Å²) < 4.78 is 4.84. The Labute approximate surface area is 120 Å². The molecule has 1 saturated heterocycles. The summed E-state index contributed by atoms with van der Waals surface area (Å²) in [5, 5.41) is 5.17. The van der Waals surface area contributed by atoms with Gasteiger partial charge in [-0.2, -0.15) is 11.8 Å². The highest BCUT2D eigenvalue weighted by Crippen LogP contribution is 2.25. The van der Waals surface area contributed by atoms with Crippen LogP contribution in [-0.4, -0.2) is 41.0 Å². The molecule has 1 aromatic heterocycles. The zero-order valence-corrected chi connectivity index (χ0v) is 12.3. The molecule has 1 N–H and O–H groups in total. The number of rotatable bonds is 5. The molecule has 1 fully saturated rings. The van der Waals surface area contributed by atoms with Crippen molar-refractivity contribution in [3.05, 3.63) is 16.1 Å². The molecule has 1 amide bonds. The van der Waals surface area contributed by atoms with Gasteiger partial charge in [-0.25, -0.2) is 9.78 Å². The first-order chi connectivity index (χ1) is 9.20. The first-order valence-electron chi connectivity index (χ1n) is 6.23. The van der Waals surface area contributed by atoms with Crippen molar-refractivity contribution in [1.82, 2.24) is 10.3 Å². The molecule has 0 saturated carbocycles. The van der Waals surface area contributed by atoms with E-state index in [0.29, 0.717) is 18.4 Å². The number of carbonyl (C=O) groups excluding carboxylic acids is 2. The van der Waals surface area contributed by atoms with Gasteiger partial charge in [-0.05, 0) is 25.5 Å². The van der Waals surface area contributed by atoms with E-state index in [2.05, 4.69) is 10.3 Å². The van der Waals surface area contributed by atoms with Crippen molar-refractivity contribution in [2.24, 2.45) is 0 Å². The zero-order valence-electron chi connectivity index (χ0n) is 10.7. The van der Waals surface area contributed by atoms with Crippen molar-refractivity contribution in [3.8, 4) is 0 Å². The molecule has 1 atom stereocenters. The minimum Gasteiger partial charge on any atom is -0.461 e. The van der Waals surface area contributed by atoms with E-state index < -0.39 is 5.97 Å². The van der Waals surface area contributed by atoms with Crippen molar-refractivity contribution in [2.45, 2.75) is 25.0 Å². The number of carbonyl (C=O) groups is 2. The molecule has 19 heavy (non-hydrogen) atoms. The highest BCUT2D eigenvalue weighted by molar-refractivity contribution is 8.00. The number of hydrogen-bond donors (Lipinski definition) is 1.